The summed E-state index contributed by atoms with van der Waals surface area (Å²) in [6.45, 7) is 3.91. The van der Waals surface area contributed by atoms with Gasteiger partial charge in [0.15, 0.2) is 0 Å². The molecule has 1 aromatic carbocycles. The summed E-state index contributed by atoms with van der Waals surface area (Å²) in [7, 11) is 0. The minimum absolute atomic E-state index is 0.00783. The topological polar surface area (TPSA) is 73.1 Å². The SMILES string of the molecule is CC[C@@H](C)NC(=O)Cn1c(=O)ccn(Cc2ccccc2)c1=O. The molecule has 0 aliphatic heterocycles. The number of aromatic nitrogens is 2. The maximum Gasteiger partial charge on any atom is 0.331 e. The molecular formula is C17H21N3O3. The zero-order valence-electron chi connectivity index (χ0n) is 13.4. The van der Waals surface area contributed by atoms with E-state index in [1.807, 2.05) is 44.2 Å². The van der Waals surface area contributed by atoms with Crippen LogP contribution in [0.5, 0.6) is 0 Å². The first-order valence-electron chi connectivity index (χ1n) is 7.65. The van der Waals surface area contributed by atoms with Crippen molar-refractivity contribution in [2.24, 2.45) is 0 Å². The largest absolute Gasteiger partial charge is 0.352 e. The Kier molecular flexibility index (Phi) is 5.51. The van der Waals surface area contributed by atoms with Crippen molar-refractivity contribution < 1.29 is 4.79 Å². The van der Waals surface area contributed by atoms with Crippen molar-refractivity contribution in [3.8, 4) is 0 Å². The van der Waals surface area contributed by atoms with Crippen LogP contribution >= 0.6 is 0 Å². The van der Waals surface area contributed by atoms with E-state index in [2.05, 4.69) is 5.32 Å². The molecule has 0 bridgehead atoms. The van der Waals surface area contributed by atoms with Crippen LogP contribution in [0.25, 0.3) is 0 Å². The summed E-state index contributed by atoms with van der Waals surface area (Å²) in [5, 5.41) is 2.75. The van der Waals surface area contributed by atoms with Gasteiger partial charge in [-0.05, 0) is 18.9 Å². The predicted molar refractivity (Wildman–Crippen MR) is 88.4 cm³/mol. The molecule has 1 amide bonds. The number of carbonyl (C=O) groups is 1. The number of rotatable bonds is 6. The van der Waals surface area contributed by atoms with Gasteiger partial charge in [0.25, 0.3) is 5.56 Å². The number of carbonyl (C=O) groups excluding carboxylic acids is 1. The fraction of sp³-hybridized carbons (Fsp3) is 0.353. The van der Waals surface area contributed by atoms with Gasteiger partial charge in [-0.25, -0.2) is 4.79 Å². The summed E-state index contributed by atoms with van der Waals surface area (Å²) >= 11 is 0. The summed E-state index contributed by atoms with van der Waals surface area (Å²) in [6, 6.07) is 10.8. The molecular weight excluding hydrogens is 294 g/mol. The van der Waals surface area contributed by atoms with Crippen molar-refractivity contribution in [2.45, 2.75) is 39.4 Å². The predicted octanol–water partition coefficient (Wildman–Crippen LogP) is 0.973. The number of nitrogens with one attached hydrogen (secondary N) is 1. The van der Waals surface area contributed by atoms with Crippen LogP contribution in [0.15, 0.2) is 52.2 Å². The summed E-state index contributed by atoms with van der Waals surface area (Å²) < 4.78 is 2.38. The number of hydrogen-bond donors (Lipinski definition) is 1. The maximum atomic E-state index is 12.4. The number of amides is 1. The van der Waals surface area contributed by atoms with Crippen molar-refractivity contribution in [3.05, 3.63) is 69.0 Å². The van der Waals surface area contributed by atoms with Gasteiger partial charge in [0, 0.05) is 18.3 Å². The highest BCUT2D eigenvalue weighted by molar-refractivity contribution is 5.75. The third-order valence-corrected chi connectivity index (χ3v) is 3.66. The molecule has 23 heavy (non-hydrogen) atoms. The average molecular weight is 315 g/mol. The lowest BCUT2D eigenvalue weighted by Gasteiger charge is -2.13. The number of nitrogens with zero attached hydrogens (tertiary/aromatic N) is 2. The fourth-order valence-electron chi connectivity index (χ4n) is 2.17. The highest BCUT2D eigenvalue weighted by Crippen LogP contribution is 1.99. The van der Waals surface area contributed by atoms with Gasteiger partial charge in [-0.2, -0.15) is 0 Å². The molecule has 0 aliphatic rings. The Bertz CT molecular complexity index is 778. The van der Waals surface area contributed by atoms with Gasteiger partial charge in [0.05, 0.1) is 6.54 Å². The van der Waals surface area contributed by atoms with Crippen LogP contribution in [0.1, 0.15) is 25.8 Å². The molecule has 0 spiro atoms. The molecule has 0 aliphatic carbocycles. The highest BCUT2D eigenvalue weighted by atomic mass is 16.2. The average Bonchev–Trinajstić information content (AvgIpc) is 2.55. The van der Waals surface area contributed by atoms with E-state index in [0.29, 0.717) is 6.54 Å². The lowest BCUT2D eigenvalue weighted by Crippen LogP contribution is -2.44. The lowest BCUT2D eigenvalue weighted by atomic mass is 10.2. The Morgan fingerprint density at radius 3 is 2.52 bits per heavy atom. The molecule has 0 unspecified atom stereocenters. The molecule has 1 heterocycles. The van der Waals surface area contributed by atoms with E-state index >= 15 is 0 Å². The second kappa shape index (κ2) is 7.58. The van der Waals surface area contributed by atoms with Crippen molar-refractivity contribution in [1.82, 2.24) is 14.5 Å². The van der Waals surface area contributed by atoms with E-state index in [4.69, 9.17) is 0 Å². The molecule has 2 rings (SSSR count). The molecule has 6 heteroatoms. The van der Waals surface area contributed by atoms with Crippen LogP contribution in [0.4, 0.5) is 0 Å². The minimum atomic E-state index is -0.486. The molecule has 1 atom stereocenters. The maximum absolute atomic E-state index is 12.4. The van der Waals surface area contributed by atoms with E-state index in [9.17, 15) is 14.4 Å². The first-order valence-corrected chi connectivity index (χ1v) is 7.65. The second-order valence-corrected chi connectivity index (χ2v) is 5.51. The third-order valence-electron chi connectivity index (χ3n) is 3.66. The Hall–Kier alpha value is -2.63. The number of benzene rings is 1. The van der Waals surface area contributed by atoms with Gasteiger partial charge >= 0.3 is 5.69 Å². The highest BCUT2D eigenvalue weighted by Gasteiger charge is 2.11. The summed E-state index contributed by atoms with van der Waals surface area (Å²) in [5.41, 5.74) is -0.0110. The Balaban J connectivity index is 2.23. The smallest absolute Gasteiger partial charge is 0.331 e. The van der Waals surface area contributed by atoms with Gasteiger partial charge < -0.3 is 5.32 Å². The summed E-state index contributed by atoms with van der Waals surface area (Å²) in [5.74, 6) is -0.337. The zero-order valence-corrected chi connectivity index (χ0v) is 13.4. The fourth-order valence-corrected chi connectivity index (χ4v) is 2.17. The lowest BCUT2D eigenvalue weighted by molar-refractivity contribution is -0.122. The molecule has 1 N–H and O–H groups in total. The van der Waals surface area contributed by atoms with Crippen molar-refractivity contribution in [1.29, 1.82) is 0 Å². The third kappa shape index (κ3) is 4.42. The molecule has 6 nitrogen and oxygen atoms in total. The van der Waals surface area contributed by atoms with Crippen LogP contribution in [-0.4, -0.2) is 21.1 Å². The number of hydrogen-bond acceptors (Lipinski definition) is 3. The van der Waals surface area contributed by atoms with Crippen LogP contribution in [0.2, 0.25) is 0 Å². The minimum Gasteiger partial charge on any atom is -0.352 e. The Morgan fingerprint density at radius 2 is 1.87 bits per heavy atom. The monoisotopic (exact) mass is 315 g/mol. The van der Waals surface area contributed by atoms with Crippen LogP contribution in [-0.2, 0) is 17.9 Å². The molecule has 0 radical (unpaired) electrons. The zero-order chi connectivity index (χ0) is 16.8. The Morgan fingerprint density at radius 1 is 1.17 bits per heavy atom. The van der Waals surface area contributed by atoms with E-state index in [1.165, 1.54) is 16.8 Å². The van der Waals surface area contributed by atoms with Gasteiger partial charge in [0.1, 0.15) is 6.54 Å². The van der Waals surface area contributed by atoms with Gasteiger partial charge in [-0.3, -0.25) is 18.7 Å². The van der Waals surface area contributed by atoms with Crippen molar-refractivity contribution in [3.63, 3.8) is 0 Å². The summed E-state index contributed by atoms with van der Waals surface area (Å²) in [6.07, 6.45) is 2.24. The second-order valence-electron chi connectivity index (χ2n) is 5.51. The van der Waals surface area contributed by atoms with Crippen molar-refractivity contribution >= 4 is 5.91 Å². The first-order chi connectivity index (χ1) is 11.0. The van der Waals surface area contributed by atoms with Crippen LogP contribution in [0.3, 0.4) is 0 Å². The normalized spacial score (nSPS) is 11.9. The first kappa shape index (κ1) is 16.7. The van der Waals surface area contributed by atoms with Crippen LogP contribution < -0.4 is 16.6 Å². The Labute approximate surface area is 134 Å². The van der Waals surface area contributed by atoms with Gasteiger partial charge in [-0.1, -0.05) is 37.3 Å². The standard InChI is InChI=1S/C17H21N3O3/c1-3-13(2)18-15(21)12-20-16(22)9-10-19(17(20)23)11-14-7-5-4-6-8-14/h4-10,13H,3,11-12H2,1-2H3,(H,18,21)/t13-/m1/s1. The molecule has 2 aromatic rings. The van der Waals surface area contributed by atoms with Crippen LogP contribution in [0, 0.1) is 0 Å². The van der Waals surface area contributed by atoms with E-state index in [1.54, 1.807) is 0 Å². The van der Waals surface area contributed by atoms with E-state index < -0.39 is 11.2 Å². The quantitative estimate of drug-likeness (QED) is 0.863. The van der Waals surface area contributed by atoms with E-state index in [0.717, 1.165) is 16.6 Å². The van der Waals surface area contributed by atoms with Crippen molar-refractivity contribution in [2.75, 3.05) is 0 Å². The van der Waals surface area contributed by atoms with Gasteiger partial charge in [0.2, 0.25) is 5.91 Å². The van der Waals surface area contributed by atoms with Gasteiger partial charge in [-0.15, -0.1) is 0 Å². The molecule has 1 aromatic heterocycles. The van der Waals surface area contributed by atoms with E-state index in [-0.39, 0.29) is 18.5 Å². The summed E-state index contributed by atoms with van der Waals surface area (Å²) in [4.78, 5) is 36.3. The molecule has 0 saturated carbocycles. The molecule has 0 fully saturated rings. The molecule has 0 saturated heterocycles. The molecule has 122 valence electrons.